The summed E-state index contributed by atoms with van der Waals surface area (Å²) >= 11 is 0. The van der Waals surface area contributed by atoms with Crippen LogP contribution in [0.15, 0.2) is 35.8 Å². The highest BCUT2D eigenvalue weighted by Gasteiger charge is 2.35. The lowest BCUT2D eigenvalue weighted by Crippen LogP contribution is -2.22. The van der Waals surface area contributed by atoms with E-state index in [2.05, 4.69) is 6.58 Å². The average Bonchev–Trinajstić information content (AvgIpc) is 2.41. The summed E-state index contributed by atoms with van der Waals surface area (Å²) in [6.45, 7) is 7.70. The fourth-order valence-corrected chi connectivity index (χ4v) is 2.97. The van der Waals surface area contributed by atoms with E-state index in [1.165, 1.54) is 14.2 Å². The predicted molar refractivity (Wildman–Crippen MR) is 75.1 cm³/mol. The van der Waals surface area contributed by atoms with E-state index in [1.54, 1.807) is 26.0 Å². The van der Waals surface area contributed by atoms with Gasteiger partial charge in [-0.05, 0) is 25.5 Å². The zero-order chi connectivity index (χ0) is 15.2. The van der Waals surface area contributed by atoms with Gasteiger partial charge in [0.2, 0.25) is 0 Å². The van der Waals surface area contributed by atoms with Gasteiger partial charge in [-0.3, -0.25) is 13.6 Å². The van der Waals surface area contributed by atoms with Crippen LogP contribution in [0.2, 0.25) is 0 Å². The van der Waals surface area contributed by atoms with Crippen molar-refractivity contribution in [2.24, 2.45) is 0 Å². The summed E-state index contributed by atoms with van der Waals surface area (Å²) in [7, 11) is -0.632. The first-order chi connectivity index (χ1) is 9.49. The van der Waals surface area contributed by atoms with E-state index >= 15 is 0 Å². The van der Waals surface area contributed by atoms with Crippen LogP contribution in [0.25, 0.3) is 0 Å². The molecule has 1 unspecified atom stereocenters. The number of hydrogen-bond donors (Lipinski definition) is 0. The Morgan fingerprint density at radius 3 is 2.20 bits per heavy atom. The first kappa shape index (κ1) is 17.0. The largest absolute Gasteiger partial charge is 0.498 e. The number of phosphoric ester groups is 1. The van der Waals surface area contributed by atoms with E-state index in [0.29, 0.717) is 17.1 Å². The van der Waals surface area contributed by atoms with Gasteiger partial charge in [-0.15, -0.1) is 0 Å². The van der Waals surface area contributed by atoms with Gasteiger partial charge in [0.15, 0.2) is 6.10 Å². The van der Waals surface area contributed by atoms with Gasteiger partial charge in [0.1, 0.15) is 11.5 Å². The molecular formula is C13H21O6P. The quantitative estimate of drug-likeness (QED) is 0.642. The van der Waals surface area contributed by atoms with Gasteiger partial charge in [-0.2, -0.15) is 0 Å². The highest BCUT2D eigenvalue weighted by molar-refractivity contribution is 7.48. The number of ether oxygens (including phenoxy) is 2. The van der Waals surface area contributed by atoms with E-state index < -0.39 is 13.9 Å². The monoisotopic (exact) mass is 304 g/mol. The first-order valence-electron chi connectivity index (χ1n) is 6.27. The molecule has 7 heteroatoms. The van der Waals surface area contributed by atoms with E-state index in [9.17, 15) is 4.57 Å². The summed E-state index contributed by atoms with van der Waals surface area (Å²) in [6, 6.07) is 0. The van der Waals surface area contributed by atoms with Gasteiger partial charge in [-0.1, -0.05) is 6.58 Å². The van der Waals surface area contributed by atoms with Crippen molar-refractivity contribution in [3.63, 3.8) is 0 Å². The van der Waals surface area contributed by atoms with Crippen molar-refractivity contribution >= 4 is 7.82 Å². The van der Waals surface area contributed by atoms with Gasteiger partial charge < -0.3 is 9.47 Å². The maximum atomic E-state index is 12.4. The Kier molecular flexibility index (Phi) is 6.49. The third-order valence-electron chi connectivity index (χ3n) is 2.49. The molecule has 20 heavy (non-hydrogen) atoms. The second-order valence-corrected chi connectivity index (χ2v) is 5.47. The molecule has 0 aliphatic heterocycles. The molecule has 0 heterocycles. The van der Waals surface area contributed by atoms with Gasteiger partial charge in [0, 0.05) is 6.08 Å². The summed E-state index contributed by atoms with van der Waals surface area (Å²) in [5.74, 6) is 1.00. The van der Waals surface area contributed by atoms with Crippen molar-refractivity contribution in [1.29, 1.82) is 0 Å². The molecular weight excluding hydrogens is 283 g/mol. The molecule has 0 bridgehead atoms. The number of phosphoric acid groups is 1. The fraction of sp³-hybridized carbons (Fsp3) is 0.538. The van der Waals surface area contributed by atoms with E-state index in [4.69, 9.17) is 23.0 Å². The molecule has 6 nitrogen and oxygen atoms in total. The molecule has 0 N–H and O–H groups in total. The molecule has 0 aromatic carbocycles. The zero-order valence-electron chi connectivity index (χ0n) is 12.3. The van der Waals surface area contributed by atoms with Crippen LogP contribution in [-0.2, 0) is 27.6 Å². The average molecular weight is 304 g/mol. The number of allylic oxidation sites excluding steroid dienone is 1. The molecule has 0 aromatic rings. The van der Waals surface area contributed by atoms with Crippen LogP contribution in [0.4, 0.5) is 0 Å². The standard InChI is InChI=1S/C13H21O6P/c1-6-17-20(14,18-7-2)19-13-10(3)8-11(15-4)9-12(13)16-5/h8-9,13H,3,6-7H2,1-2,4-5H3. The highest BCUT2D eigenvalue weighted by Crippen LogP contribution is 2.52. The third-order valence-corrected chi connectivity index (χ3v) is 4.11. The van der Waals surface area contributed by atoms with Gasteiger partial charge in [0.05, 0.1) is 27.4 Å². The molecule has 1 atom stereocenters. The topological polar surface area (TPSA) is 63.2 Å². The summed E-state index contributed by atoms with van der Waals surface area (Å²) in [4.78, 5) is 0. The molecule has 0 saturated carbocycles. The molecule has 1 rings (SSSR count). The Balaban J connectivity index is 2.95. The van der Waals surface area contributed by atoms with Crippen molar-refractivity contribution in [1.82, 2.24) is 0 Å². The van der Waals surface area contributed by atoms with Crippen LogP contribution in [0.5, 0.6) is 0 Å². The number of methoxy groups -OCH3 is 2. The third kappa shape index (κ3) is 4.21. The van der Waals surface area contributed by atoms with Gasteiger partial charge in [-0.25, -0.2) is 4.57 Å². The SMILES string of the molecule is C=C1C=C(OC)C=C(OC)C1OP(=O)(OCC)OCC. The molecule has 114 valence electrons. The van der Waals surface area contributed by atoms with Crippen LogP contribution in [0.3, 0.4) is 0 Å². The summed E-state index contributed by atoms with van der Waals surface area (Å²) < 4.78 is 38.4. The minimum atomic E-state index is -3.66. The van der Waals surface area contributed by atoms with Crippen molar-refractivity contribution in [3.05, 3.63) is 35.8 Å². The van der Waals surface area contributed by atoms with Crippen LogP contribution in [-0.4, -0.2) is 33.5 Å². The smallest absolute Gasteiger partial charge is 0.475 e. The van der Waals surface area contributed by atoms with Crippen LogP contribution in [0.1, 0.15) is 13.8 Å². The lowest BCUT2D eigenvalue weighted by molar-refractivity contribution is 0.0845. The minimum absolute atomic E-state index is 0.210. The number of rotatable bonds is 8. The Hall–Kier alpha value is -1.07. The lowest BCUT2D eigenvalue weighted by atomic mass is 10.0. The van der Waals surface area contributed by atoms with E-state index in [1.807, 2.05) is 0 Å². The Morgan fingerprint density at radius 1 is 1.15 bits per heavy atom. The summed E-state index contributed by atoms with van der Waals surface area (Å²) in [5.41, 5.74) is 0.542. The molecule has 0 aromatic heterocycles. The van der Waals surface area contributed by atoms with Crippen LogP contribution < -0.4 is 0 Å². The maximum Gasteiger partial charge on any atom is 0.475 e. The molecule has 0 spiro atoms. The van der Waals surface area contributed by atoms with E-state index in [-0.39, 0.29) is 13.2 Å². The minimum Gasteiger partial charge on any atom is -0.498 e. The Morgan fingerprint density at radius 2 is 1.75 bits per heavy atom. The zero-order valence-corrected chi connectivity index (χ0v) is 13.1. The summed E-state index contributed by atoms with van der Waals surface area (Å²) in [6.07, 6.45) is 2.58. The molecule has 1 aliphatic carbocycles. The second-order valence-electron chi connectivity index (χ2n) is 3.84. The van der Waals surface area contributed by atoms with E-state index in [0.717, 1.165) is 0 Å². The van der Waals surface area contributed by atoms with Crippen LogP contribution >= 0.6 is 7.82 Å². The maximum absolute atomic E-state index is 12.4. The normalized spacial score (nSPS) is 19.4. The molecule has 0 fully saturated rings. The first-order valence-corrected chi connectivity index (χ1v) is 7.73. The Labute approximate surface area is 119 Å². The number of hydrogen-bond acceptors (Lipinski definition) is 6. The van der Waals surface area contributed by atoms with Crippen molar-refractivity contribution in [2.45, 2.75) is 20.0 Å². The van der Waals surface area contributed by atoms with Crippen molar-refractivity contribution in [3.8, 4) is 0 Å². The van der Waals surface area contributed by atoms with Gasteiger partial charge >= 0.3 is 7.82 Å². The van der Waals surface area contributed by atoms with Crippen LogP contribution in [0, 0.1) is 0 Å². The fourth-order valence-electron chi connectivity index (χ4n) is 1.65. The highest BCUT2D eigenvalue weighted by atomic mass is 31.2. The van der Waals surface area contributed by atoms with Gasteiger partial charge in [0.25, 0.3) is 0 Å². The molecule has 0 radical (unpaired) electrons. The molecule has 0 saturated heterocycles. The molecule has 0 amide bonds. The van der Waals surface area contributed by atoms with Crippen molar-refractivity contribution in [2.75, 3.05) is 27.4 Å². The Bertz CT molecular complexity index is 444. The second kappa shape index (κ2) is 7.64. The summed E-state index contributed by atoms with van der Waals surface area (Å²) in [5, 5.41) is 0. The van der Waals surface area contributed by atoms with Crippen molar-refractivity contribution < 1.29 is 27.6 Å². The predicted octanol–water partition coefficient (Wildman–Crippen LogP) is 3.18. The lowest BCUT2D eigenvalue weighted by Gasteiger charge is -2.27. The molecule has 1 aliphatic rings.